The van der Waals surface area contributed by atoms with Gasteiger partial charge in [0.05, 0.1) is 34.8 Å². The highest BCUT2D eigenvalue weighted by molar-refractivity contribution is 7.18. The molecule has 0 amide bonds. The molecule has 1 fully saturated rings. The van der Waals surface area contributed by atoms with E-state index in [1.54, 1.807) is 12.1 Å². The number of anilines is 1. The summed E-state index contributed by atoms with van der Waals surface area (Å²) in [6, 6.07) is 5.22. The third-order valence-corrected chi connectivity index (χ3v) is 6.36. The largest absolute Gasteiger partial charge is 0.477 e. The number of hydrogen-bond acceptors (Lipinski definition) is 4. The van der Waals surface area contributed by atoms with Crippen LogP contribution in [0.1, 0.15) is 33.6 Å². The topological polar surface area (TPSA) is 54.1 Å². The predicted molar refractivity (Wildman–Crippen MR) is 105 cm³/mol. The first-order valence-electron chi connectivity index (χ1n) is 7.99. The Morgan fingerprint density at radius 2 is 2.04 bits per heavy atom. The molecule has 2 heterocycles. The molecule has 1 atom stereocenters. The van der Waals surface area contributed by atoms with Gasteiger partial charge in [-0.3, -0.25) is 0 Å². The maximum absolute atomic E-state index is 11.9. The molecule has 1 N–H and O–H groups in total. The first kappa shape index (κ1) is 19.0. The number of morpholine rings is 1. The lowest BCUT2D eigenvalue weighted by atomic mass is 9.92. The molecular formula is C18H16Cl2N2O3S. The Bertz CT molecular complexity index is 885. The fourth-order valence-electron chi connectivity index (χ4n) is 3.02. The number of rotatable bonds is 4. The van der Waals surface area contributed by atoms with Crippen molar-refractivity contribution >= 4 is 51.2 Å². The molecule has 1 aliphatic rings. The van der Waals surface area contributed by atoms with Gasteiger partial charge in [-0.05, 0) is 29.2 Å². The smallest absolute Gasteiger partial charge is 0.344 e. The number of thiophene rings is 1. The molecule has 26 heavy (non-hydrogen) atoms. The van der Waals surface area contributed by atoms with Crippen LogP contribution in [0.4, 0.5) is 10.7 Å². The molecule has 1 aromatic carbocycles. The van der Waals surface area contributed by atoms with Gasteiger partial charge < -0.3 is 14.7 Å². The van der Waals surface area contributed by atoms with Gasteiger partial charge in [0.25, 0.3) is 0 Å². The van der Waals surface area contributed by atoms with Crippen molar-refractivity contribution < 1.29 is 14.6 Å². The highest BCUT2D eigenvalue weighted by Gasteiger charge is 2.30. The zero-order valence-corrected chi connectivity index (χ0v) is 16.3. The number of ether oxygens (including phenoxy) is 1. The molecule has 5 nitrogen and oxygen atoms in total. The summed E-state index contributed by atoms with van der Waals surface area (Å²) in [4.78, 5) is 17.8. The Kier molecular flexibility index (Phi) is 5.73. The van der Waals surface area contributed by atoms with Crippen LogP contribution in [0.3, 0.4) is 0 Å². The zero-order valence-electron chi connectivity index (χ0n) is 14.0. The first-order valence-corrected chi connectivity index (χ1v) is 9.56. The third kappa shape index (κ3) is 3.53. The quantitative estimate of drug-likeness (QED) is 0.695. The average molecular weight is 411 g/mol. The molecule has 2 aromatic rings. The van der Waals surface area contributed by atoms with Gasteiger partial charge >= 0.3 is 5.97 Å². The van der Waals surface area contributed by atoms with Crippen LogP contribution in [0.25, 0.3) is 4.85 Å². The molecule has 0 saturated carbocycles. The van der Waals surface area contributed by atoms with Crippen LogP contribution in [0, 0.1) is 6.57 Å². The molecule has 1 aromatic heterocycles. The number of aromatic carboxylic acids is 1. The van der Waals surface area contributed by atoms with E-state index < -0.39 is 5.97 Å². The Labute approximate surface area is 165 Å². The van der Waals surface area contributed by atoms with Gasteiger partial charge in [0.1, 0.15) is 4.88 Å². The van der Waals surface area contributed by atoms with Crippen molar-refractivity contribution in [1.29, 1.82) is 0 Å². The van der Waals surface area contributed by atoms with E-state index in [2.05, 4.69) is 4.85 Å². The minimum Gasteiger partial charge on any atom is -0.477 e. The molecule has 0 spiro atoms. The van der Waals surface area contributed by atoms with E-state index in [-0.39, 0.29) is 10.8 Å². The van der Waals surface area contributed by atoms with E-state index in [0.29, 0.717) is 52.6 Å². The highest BCUT2D eigenvalue weighted by Crippen LogP contribution is 2.48. The zero-order chi connectivity index (χ0) is 18.8. The number of nitrogens with zero attached hydrogens (tertiary/aromatic N) is 2. The number of halogens is 2. The summed E-state index contributed by atoms with van der Waals surface area (Å²) in [6.07, 6.45) is 0. The summed E-state index contributed by atoms with van der Waals surface area (Å²) < 4.78 is 5.36. The average Bonchev–Trinajstić information content (AvgIpc) is 3.04. The highest BCUT2D eigenvalue weighted by atomic mass is 35.5. The van der Waals surface area contributed by atoms with Crippen LogP contribution in [0.5, 0.6) is 0 Å². The molecule has 136 valence electrons. The lowest BCUT2D eigenvalue weighted by Crippen LogP contribution is -2.35. The summed E-state index contributed by atoms with van der Waals surface area (Å²) in [5.41, 5.74) is 1.74. The van der Waals surface area contributed by atoms with Crippen LogP contribution in [0.2, 0.25) is 10.0 Å². The monoisotopic (exact) mass is 410 g/mol. The summed E-state index contributed by atoms with van der Waals surface area (Å²) in [7, 11) is 0. The van der Waals surface area contributed by atoms with Gasteiger partial charge in [-0.2, -0.15) is 0 Å². The predicted octanol–water partition coefficient (Wildman–Crippen LogP) is 5.29. The van der Waals surface area contributed by atoms with Crippen molar-refractivity contribution in [3.05, 3.63) is 55.7 Å². The number of carboxylic acids is 1. The van der Waals surface area contributed by atoms with Crippen molar-refractivity contribution in [2.45, 2.75) is 12.8 Å². The second-order valence-electron chi connectivity index (χ2n) is 5.91. The maximum atomic E-state index is 11.9. The van der Waals surface area contributed by atoms with Crippen molar-refractivity contribution in [3.8, 4) is 0 Å². The van der Waals surface area contributed by atoms with E-state index in [1.807, 2.05) is 17.9 Å². The van der Waals surface area contributed by atoms with Gasteiger partial charge in [0.15, 0.2) is 0 Å². The summed E-state index contributed by atoms with van der Waals surface area (Å²) in [5.74, 6) is -1.33. The molecule has 1 saturated heterocycles. The van der Waals surface area contributed by atoms with Gasteiger partial charge in [-0.25, -0.2) is 9.64 Å². The Morgan fingerprint density at radius 3 is 2.62 bits per heavy atom. The van der Waals surface area contributed by atoms with Crippen LogP contribution in [-0.4, -0.2) is 37.4 Å². The molecule has 8 heteroatoms. The fourth-order valence-corrected chi connectivity index (χ4v) is 4.56. The molecule has 0 aliphatic carbocycles. The van der Waals surface area contributed by atoms with E-state index in [9.17, 15) is 9.90 Å². The van der Waals surface area contributed by atoms with Crippen molar-refractivity contribution in [2.75, 3.05) is 31.2 Å². The minimum atomic E-state index is -1.03. The number of carbonyl (C=O) groups is 1. The number of hydrogen-bond donors (Lipinski definition) is 1. The number of carboxylic acid groups (broad SMARTS) is 1. The summed E-state index contributed by atoms with van der Waals surface area (Å²) in [5, 5.41) is 11.2. The standard InChI is InChI=1S/C18H16Cl2N2O3S/c1-10(11-3-4-12(19)13(20)9-11)14-15(21-2)17(26-16(14)18(23)24)22-5-7-25-8-6-22/h3-4,9-10H,5-8H2,1H3,(H,23,24). The SMILES string of the molecule is [C-]#[N+]c1c(N2CCOCC2)sc(C(=O)O)c1C(C)c1ccc(Cl)c(Cl)c1. The van der Waals surface area contributed by atoms with E-state index in [1.165, 1.54) is 0 Å². The second kappa shape index (κ2) is 7.85. The van der Waals surface area contributed by atoms with Gasteiger partial charge in [-0.1, -0.05) is 36.2 Å². The number of benzene rings is 1. The van der Waals surface area contributed by atoms with Crippen molar-refractivity contribution in [3.63, 3.8) is 0 Å². The van der Waals surface area contributed by atoms with Crippen LogP contribution in [-0.2, 0) is 4.74 Å². The van der Waals surface area contributed by atoms with Crippen LogP contribution >= 0.6 is 34.5 Å². The molecular weight excluding hydrogens is 395 g/mol. The molecule has 0 bridgehead atoms. The normalized spacial score (nSPS) is 15.5. The fraction of sp³-hybridized carbons (Fsp3) is 0.333. The van der Waals surface area contributed by atoms with Crippen molar-refractivity contribution in [2.24, 2.45) is 0 Å². The van der Waals surface area contributed by atoms with E-state index in [0.717, 1.165) is 16.9 Å². The molecule has 1 aliphatic heterocycles. The van der Waals surface area contributed by atoms with E-state index in [4.69, 9.17) is 34.5 Å². The second-order valence-corrected chi connectivity index (χ2v) is 7.72. The Morgan fingerprint density at radius 1 is 1.35 bits per heavy atom. The Balaban J connectivity index is 2.12. The van der Waals surface area contributed by atoms with Gasteiger partial charge in [-0.15, -0.1) is 11.3 Å². The summed E-state index contributed by atoms with van der Waals surface area (Å²) >= 11 is 13.3. The molecule has 1 unspecified atom stereocenters. The minimum absolute atomic E-state index is 0.191. The summed E-state index contributed by atoms with van der Waals surface area (Å²) in [6.45, 7) is 12.0. The maximum Gasteiger partial charge on any atom is 0.344 e. The van der Waals surface area contributed by atoms with Crippen LogP contribution < -0.4 is 4.90 Å². The van der Waals surface area contributed by atoms with Gasteiger partial charge in [0.2, 0.25) is 5.69 Å². The van der Waals surface area contributed by atoms with E-state index >= 15 is 0 Å². The van der Waals surface area contributed by atoms with Crippen molar-refractivity contribution in [1.82, 2.24) is 0 Å². The molecule has 3 rings (SSSR count). The third-order valence-electron chi connectivity index (χ3n) is 4.38. The van der Waals surface area contributed by atoms with Crippen LogP contribution in [0.15, 0.2) is 18.2 Å². The molecule has 0 radical (unpaired) electrons. The lowest BCUT2D eigenvalue weighted by molar-refractivity contribution is 0.0701. The lowest BCUT2D eigenvalue weighted by Gasteiger charge is -2.28. The first-order chi connectivity index (χ1) is 12.4. The van der Waals surface area contributed by atoms with Gasteiger partial charge in [0, 0.05) is 13.1 Å². The Hall–Kier alpha value is -1.78.